The summed E-state index contributed by atoms with van der Waals surface area (Å²) in [6.45, 7) is 3.46. The molecule has 1 N–H and O–H groups in total. The third-order valence-corrected chi connectivity index (χ3v) is 7.88. The summed E-state index contributed by atoms with van der Waals surface area (Å²) in [6.07, 6.45) is 10.2. The summed E-state index contributed by atoms with van der Waals surface area (Å²) < 4.78 is 7.66. The fourth-order valence-corrected chi connectivity index (χ4v) is 5.82. The molecule has 194 valence electrons. The number of hydrogen-bond acceptors (Lipinski definition) is 6. The molecule has 2 aromatic heterocycles. The number of amides is 2. The van der Waals surface area contributed by atoms with Crippen molar-refractivity contribution in [2.75, 3.05) is 23.4 Å². The molecule has 3 fully saturated rings. The number of rotatable bonds is 7. The molecule has 2 atom stereocenters. The first-order valence-electron chi connectivity index (χ1n) is 13.2. The van der Waals surface area contributed by atoms with Gasteiger partial charge < -0.3 is 15.0 Å². The SMILES string of the molecule is CC(=O)Nc1cccc(-c2cnn(CC3CCCO3)c2)c1-c1cc(N2CC[C@@](C#N)(C3CC3)C2=O)ccn1. The van der Waals surface area contributed by atoms with Crippen LogP contribution >= 0.6 is 0 Å². The lowest BCUT2D eigenvalue weighted by Crippen LogP contribution is -2.35. The van der Waals surface area contributed by atoms with Crippen molar-refractivity contribution in [3.8, 4) is 28.5 Å². The van der Waals surface area contributed by atoms with E-state index in [1.54, 1.807) is 11.1 Å². The number of nitrogens with one attached hydrogen (secondary N) is 1. The van der Waals surface area contributed by atoms with Gasteiger partial charge >= 0.3 is 0 Å². The van der Waals surface area contributed by atoms with E-state index in [4.69, 9.17) is 4.74 Å². The molecule has 4 heterocycles. The molecule has 9 heteroatoms. The summed E-state index contributed by atoms with van der Waals surface area (Å²) in [6, 6.07) is 11.8. The van der Waals surface area contributed by atoms with Crippen LogP contribution in [0.3, 0.4) is 0 Å². The van der Waals surface area contributed by atoms with E-state index in [2.05, 4.69) is 21.5 Å². The summed E-state index contributed by atoms with van der Waals surface area (Å²) in [4.78, 5) is 31.9. The Morgan fingerprint density at radius 3 is 2.89 bits per heavy atom. The van der Waals surface area contributed by atoms with Gasteiger partial charge in [0.2, 0.25) is 11.8 Å². The van der Waals surface area contributed by atoms with E-state index in [0.717, 1.165) is 49.0 Å². The van der Waals surface area contributed by atoms with Gasteiger partial charge in [-0.3, -0.25) is 19.3 Å². The van der Waals surface area contributed by atoms with E-state index >= 15 is 0 Å². The number of aromatic nitrogens is 3. The zero-order valence-corrected chi connectivity index (χ0v) is 21.4. The second-order valence-electron chi connectivity index (χ2n) is 10.5. The Morgan fingerprint density at radius 2 is 2.16 bits per heavy atom. The summed E-state index contributed by atoms with van der Waals surface area (Å²) in [5, 5.41) is 17.4. The number of ether oxygens (including phenoxy) is 1. The van der Waals surface area contributed by atoms with Crippen LogP contribution in [0.4, 0.5) is 11.4 Å². The standard InChI is InChI=1S/C29H30N6O3/c1-19(36)33-25-6-2-5-24(20-15-32-34(16-20)17-23-4-3-13-38-23)27(25)26-14-22(9-11-31-26)35-12-10-29(18-30,28(35)37)21-7-8-21/h2,5-6,9,11,14-16,21,23H,3-4,7-8,10,12-13,17H2,1H3,(H,33,36)/t23?,29-/m1/s1. The van der Waals surface area contributed by atoms with Crippen LogP contribution in [-0.4, -0.2) is 45.8 Å². The predicted octanol–water partition coefficient (Wildman–Crippen LogP) is 4.41. The number of anilines is 2. The topological polar surface area (TPSA) is 113 Å². The Morgan fingerprint density at radius 1 is 1.29 bits per heavy atom. The first-order valence-corrected chi connectivity index (χ1v) is 13.2. The van der Waals surface area contributed by atoms with Crippen LogP contribution in [0.2, 0.25) is 0 Å². The minimum absolute atomic E-state index is 0.120. The summed E-state index contributed by atoms with van der Waals surface area (Å²) in [7, 11) is 0. The smallest absolute Gasteiger partial charge is 0.247 e. The maximum atomic E-state index is 13.4. The molecule has 1 aromatic carbocycles. The molecule has 0 bridgehead atoms. The van der Waals surface area contributed by atoms with Crippen molar-refractivity contribution in [1.29, 1.82) is 5.26 Å². The Hall–Kier alpha value is -4.03. The maximum absolute atomic E-state index is 13.4. The number of benzene rings is 1. The van der Waals surface area contributed by atoms with E-state index in [-0.39, 0.29) is 23.8 Å². The Labute approximate surface area is 221 Å². The van der Waals surface area contributed by atoms with Gasteiger partial charge in [0.05, 0.1) is 36.3 Å². The van der Waals surface area contributed by atoms with Crippen molar-refractivity contribution in [2.45, 2.75) is 51.7 Å². The van der Waals surface area contributed by atoms with Crippen molar-refractivity contribution in [3.05, 3.63) is 48.9 Å². The van der Waals surface area contributed by atoms with Crippen LogP contribution in [0.25, 0.3) is 22.4 Å². The highest BCUT2D eigenvalue weighted by atomic mass is 16.5. The molecule has 38 heavy (non-hydrogen) atoms. The molecular formula is C29H30N6O3. The van der Waals surface area contributed by atoms with Crippen LogP contribution in [0.1, 0.15) is 39.0 Å². The number of nitriles is 1. The Kier molecular flexibility index (Phi) is 6.20. The first-order chi connectivity index (χ1) is 18.5. The molecular weight excluding hydrogens is 480 g/mol. The van der Waals surface area contributed by atoms with Gasteiger partial charge in [-0.05, 0) is 61.8 Å². The van der Waals surface area contributed by atoms with Crippen LogP contribution in [0.5, 0.6) is 0 Å². The van der Waals surface area contributed by atoms with Gasteiger partial charge in [0.1, 0.15) is 5.41 Å². The number of hydrogen-bond donors (Lipinski definition) is 1. The first kappa shape index (κ1) is 24.3. The molecule has 0 spiro atoms. The lowest BCUT2D eigenvalue weighted by molar-refractivity contribution is -0.123. The zero-order valence-electron chi connectivity index (χ0n) is 21.4. The van der Waals surface area contributed by atoms with E-state index in [0.29, 0.717) is 36.6 Å². The van der Waals surface area contributed by atoms with E-state index in [1.165, 1.54) is 6.92 Å². The zero-order chi connectivity index (χ0) is 26.3. The Bertz CT molecular complexity index is 1430. The van der Waals surface area contributed by atoms with Gasteiger partial charge in [-0.1, -0.05) is 12.1 Å². The largest absolute Gasteiger partial charge is 0.376 e. The number of carbonyl (C=O) groups excluding carboxylic acids is 2. The highest BCUT2D eigenvalue weighted by Gasteiger charge is 2.56. The number of pyridine rings is 1. The second kappa shape index (κ2) is 9.69. The Balaban J connectivity index is 1.38. The van der Waals surface area contributed by atoms with Crippen molar-refractivity contribution in [1.82, 2.24) is 14.8 Å². The quantitative estimate of drug-likeness (QED) is 0.504. The van der Waals surface area contributed by atoms with Gasteiger partial charge in [-0.25, -0.2) is 0 Å². The van der Waals surface area contributed by atoms with Crippen molar-refractivity contribution >= 4 is 23.2 Å². The molecule has 3 aromatic rings. The lowest BCUT2D eigenvalue weighted by Gasteiger charge is -2.22. The molecule has 0 radical (unpaired) electrons. The van der Waals surface area contributed by atoms with Gasteiger partial charge in [0.25, 0.3) is 0 Å². The highest BCUT2D eigenvalue weighted by Crippen LogP contribution is 2.52. The fraction of sp³-hybridized carbons (Fsp3) is 0.414. The molecule has 1 saturated carbocycles. The average Bonchev–Trinajstić information content (AvgIpc) is 3.30. The molecule has 2 aliphatic heterocycles. The summed E-state index contributed by atoms with van der Waals surface area (Å²) in [5.74, 6) is -0.151. The van der Waals surface area contributed by atoms with Crippen molar-refractivity contribution in [3.63, 3.8) is 0 Å². The third-order valence-electron chi connectivity index (χ3n) is 7.88. The van der Waals surface area contributed by atoms with Crippen LogP contribution in [0.15, 0.2) is 48.9 Å². The third kappa shape index (κ3) is 4.35. The fourth-order valence-electron chi connectivity index (χ4n) is 5.82. The van der Waals surface area contributed by atoms with E-state index < -0.39 is 5.41 Å². The number of carbonyl (C=O) groups is 2. The predicted molar refractivity (Wildman–Crippen MR) is 142 cm³/mol. The second-order valence-corrected chi connectivity index (χ2v) is 10.5. The highest BCUT2D eigenvalue weighted by molar-refractivity contribution is 6.03. The average molecular weight is 511 g/mol. The van der Waals surface area contributed by atoms with Gasteiger partial charge in [0.15, 0.2) is 0 Å². The monoisotopic (exact) mass is 510 g/mol. The van der Waals surface area contributed by atoms with Gasteiger partial charge in [0, 0.05) is 49.3 Å². The van der Waals surface area contributed by atoms with E-state index in [1.807, 2.05) is 47.4 Å². The molecule has 6 rings (SSSR count). The normalized spacial score (nSPS) is 23.0. The van der Waals surface area contributed by atoms with Gasteiger partial charge in [-0.15, -0.1) is 0 Å². The summed E-state index contributed by atoms with van der Waals surface area (Å²) in [5.41, 5.74) is 3.56. The van der Waals surface area contributed by atoms with Crippen molar-refractivity contribution in [2.24, 2.45) is 11.3 Å². The molecule has 3 aliphatic rings. The molecule has 9 nitrogen and oxygen atoms in total. The maximum Gasteiger partial charge on any atom is 0.247 e. The van der Waals surface area contributed by atoms with Gasteiger partial charge in [-0.2, -0.15) is 10.4 Å². The van der Waals surface area contributed by atoms with Crippen molar-refractivity contribution < 1.29 is 14.3 Å². The molecule has 1 aliphatic carbocycles. The van der Waals surface area contributed by atoms with Crippen LogP contribution in [-0.2, 0) is 20.9 Å². The minimum Gasteiger partial charge on any atom is -0.376 e. The lowest BCUT2D eigenvalue weighted by atomic mass is 9.83. The molecule has 2 amide bonds. The number of nitrogens with zero attached hydrogens (tertiary/aromatic N) is 5. The molecule has 1 unspecified atom stereocenters. The minimum atomic E-state index is -0.916. The molecule has 2 saturated heterocycles. The van der Waals surface area contributed by atoms with Crippen LogP contribution in [0, 0.1) is 22.7 Å². The summed E-state index contributed by atoms with van der Waals surface area (Å²) >= 11 is 0. The van der Waals surface area contributed by atoms with Crippen LogP contribution < -0.4 is 10.2 Å². The van der Waals surface area contributed by atoms with E-state index in [9.17, 15) is 14.9 Å².